The highest BCUT2D eigenvalue weighted by molar-refractivity contribution is 7.99. The van der Waals surface area contributed by atoms with Gasteiger partial charge in [-0.15, -0.1) is 0 Å². The largest absolute Gasteiger partial charge is 0.313 e. The summed E-state index contributed by atoms with van der Waals surface area (Å²) < 4.78 is 0.381. The molecule has 1 rings (SSSR count). The zero-order chi connectivity index (χ0) is 11.5. The van der Waals surface area contributed by atoms with Gasteiger partial charge in [0.15, 0.2) is 0 Å². The Morgan fingerprint density at radius 1 is 1.20 bits per heavy atom. The number of hydrogen-bond donors (Lipinski definition) is 1. The molecular weight excluding hydrogens is 202 g/mol. The highest BCUT2D eigenvalue weighted by Crippen LogP contribution is 2.30. The lowest BCUT2D eigenvalue weighted by Crippen LogP contribution is -2.42. The van der Waals surface area contributed by atoms with E-state index in [1.807, 2.05) is 11.8 Å². The van der Waals surface area contributed by atoms with Crippen molar-refractivity contribution in [3.05, 3.63) is 0 Å². The monoisotopic (exact) mass is 229 g/mol. The molecule has 0 spiro atoms. The lowest BCUT2D eigenvalue weighted by atomic mass is 9.79. The second-order valence-corrected chi connectivity index (χ2v) is 7.32. The van der Waals surface area contributed by atoms with Gasteiger partial charge >= 0.3 is 0 Å². The summed E-state index contributed by atoms with van der Waals surface area (Å²) in [6.45, 7) is 10.6. The van der Waals surface area contributed by atoms with Crippen molar-refractivity contribution in [2.24, 2.45) is 11.8 Å². The Labute approximate surface area is 99.8 Å². The summed E-state index contributed by atoms with van der Waals surface area (Å²) >= 11 is 1.95. The first kappa shape index (κ1) is 13.4. The molecule has 1 nitrogen and oxygen atoms in total. The SMILES string of the molecule is CSC(C)(C)CNC1CCC(C)C(C)C1. The molecule has 0 bridgehead atoms. The Bertz CT molecular complexity index is 191. The molecule has 0 aromatic carbocycles. The Hall–Kier alpha value is 0.310. The fourth-order valence-corrected chi connectivity index (χ4v) is 2.42. The van der Waals surface area contributed by atoms with Gasteiger partial charge in [-0.3, -0.25) is 0 Å². The van der Waals surface area contributed by atoms with Crippen LogP contribution >= 0.6 is 11.8 Å². The third-order valence-electron chi connectivity index (χ3n) is 3.97. The van der Waals surface area contributed by atoms with Crippen molar-refractivity contribution in [2.45, 2.75) is 57.7 Å². The first-order valence-electron chi connectivity index (χ1n) is 6.23. The third-order valence-corrected chi connectivity index (χ3v) is 5.22. The number of thioether (sulfide) groups is 1. The molecule has 1 saturated carbocycles. The molecule has 2 heteroatoms. The zero-order valence-electron chi connectivity index (χ0n) is 11.0. The average Bonchev–Trinajstić information content (AvgIpc) is 2.20. The van der Waals surface area contributed by atoms with Crippen LogP contribution in [-0.4, -0.2) is 23.6 Å². The van der Waals surface area contributed by atoms with Gasteiger partial charge in [-0.1, -0.05) is 13.8 Å². The van der Waals surface area contributed by atoms with Crippen LogP contribution in [0.3, 0.4) is 0 Å². The molecule has 1 fully saturated rings. The van der Waals surface area contributed by atoms with Crippen molar-refractivity contribution in [2.75, 3.05) is 12.8 Å². The van der Waals surface area contributed by atoms with Gasteiger partial charge in [0, 0.05) is 17.3 Å². The van der Waals surface area contributed by atoms with E-state index in [4.69, 9.17) is 0 Å². The molecule has 1 aliphatic rings. The summed E-state index contributed by atoms with van der Waals surface area (Å²) in [5, 5.41) is 3.74. The lowest BCUT2D eigenvalue weighted by Gasteiger charge is -2.34. The molecule has 0 radical (unpaired) electrons. The second-order valence-electron chi connectivity index (χ2n) is 5.81. The fraction of sp³-hybridized carbons (Fsp3) is 1.00. The minimum atomic E-state index is 0.381. The van der Waals surface area contributed by atoms with Crippen LogP contribution in [0.15, 0.2) is 0 Å². The molecule has 0 aromatic heterocycles. The van der Waals surface area contributed by atoms with Gasteiger partial charge in [-0.25, -0.2) is 0 Å². The first-order chi connectivity index (χ1) is 6.94. The van der Waals surface area contributed by atoms with Crippen LogP contribution in [0, 0.1) is 11.8 Å². The van der Waals surface area contributed by atoms with E-state index in [0.29, 0.717) is 4.75 Å². The molecule has 0 saturated heterocycles. The molecule has 15 heavy (non-hydrogen) atoms. The number of hydrogen-bond acceptors (Lipinski definition) is 2. The van der Waals surface area contributed by atoms with Crippen molar-refractivity contribution in [1.29, 1.82) is 0 Å². The maximum atomic E-state index is 3.74. The summed E-state index contributed by atoms with van der Waals surface area (Å²) in [6, 6.07) is 0.766. The molecule has 3 atom stereocenters. The maximum absolute atomic E-state index is 3.74. The van der Waals surface area contributed by atoms with Crippen LogP contribution in [0.4, 0.5) is 0 Å². The van der Waals surface area contributed by atoms with Gasteiger partial charge in [0.2, 0.25) is 0 Å². The van der Waals surface area contributed by atoms with E-state index in [9.17, 15) is 0 Å². The first-order valence-corrected chi connectivity index (χ1v) is 7.45. The molecule has 1 aliphatic carbocycles. The van der Waals surface area contributed by atoms with Crippen LogP contribution < -0.4 is 5.32 Å². The van der Waals surface area contributed by atoms with Crippen molar-refractivity contribution in [1.82, 2.24) is 5.32 Å². The van der Waals surface area contributed by atoms with Gasteiger partial charge in [0.1, 0.15) is 0 Å². The van der Waals surface area contributed by atoms with Gasteiger partial charge in [-0.05, 0) is 51.2 Å². The van der Waals surface area contributed by atoms with E-state index in [-0.39, 0.29) is 0 Å². The lowest BCUT2D eigenvalue weighted by molar-refractivity contribution is 0.224. The van der Waals surface area contributed by atoms with Crippen molar-refractivity contribution in [3.63, 3.8) is 0 Å². The van der Waals surface area contributed by atoms with Crippen LogP contribution in [0.1, 0.15) is 47.0 Å². The van der Waals surface area contributed by atoms with Crippen molar-refractivity contribution < 1.29 is 0 Å². The Kier molecular flexibility index (Phi) is 4.98. The quantitative estimate of drug-likeness (QED) is 0.791. The molecule has 90 valence electrons. The Morgan fingerprint density at radius 2 is 1.87 bits per heavy atom. The normalized spacial score (nSPS) is 33.0. The van der Waals surface area contributed by atoms with Gasteiger partial charge in [0.05, 0.1) is 0 Å². The summed E-state index contributed by atoms with van der Waals surface area (Å²) in [5.74, 6) is 1.82. The van der Waals surface area contributed by atoms with Crippen LogP contribution in [0.2, 0.25) is 0 Å². The van der Waals surface area contributed by atoms with E-state index in [1.54, 1.807) is 0 Å². The van der Waals surface area contributed by atoms with Gasteiger partial charge in [-0.2, -0.15) is 11.8 Å². The van der Waals surface area contributed by atoms with Gasteiger partial charge < -0.3 is 5.32 Å². The molecule has 0 amide bonds. The predicted molar refractivity (Wildman–Crippen MR) is 71.6 cm³/mol. The van der Waals surface area contributed by atoms with Gasteiger partial charge in [0.25, 0.3) is 0 Å². The Balaban J connectivity index is 2.28. The van der Waals surface area contributed by atoms with E-state index in [1.165, 1.54) is 19.3 Å². The number of nitrogens with one attached hydrogen (secondary N) is 1. The highest BCUT2D eigenvalue weighted by Gasteiger charge is 2.25. The molecular formula is C13H27NS. The average molecular weight is 229 g/mol. The molecule has 3 unspecified atom stereocenters. The molecule has 0 aromatic rings. The summed E-state index contributed by atoms with van der Waals surface area (Å²) in [6.07, 6.45) is 6.34. The maximum Gasteiger partial charge on any atom is 0.0225 e. The standard InChI is InChI=1S/C13H27NS/c1-10-6-7-12(8-11(10)2)14-9-13(3,4)15-5/h10-12,14H,6-9H2,1-5H3. The second kappa shape index (κ2) is 5.58. The van der Waals surface area contributed by atoms with Crippen LogP contribution in [0.25, 0.3) is 0 Å². The third kappa shape index (κ3) is 4.36. The van der Waals surface area contributed by atoms with E-state index in [2.05, 4.69) is 39.3 Å². The summed E-state index contributed by atoms with van der Waals surface area (Å²) in [7, 11) is 0. The predicted octanol–water partition coefficient (Wildman–Crippen LogP) is 3.54. The van der Waals surface area contributed by atoms with Crippen molar-refractivity contribution in [3.8, 4) is 0 Å². The molecule has 0 aliphatic heterocycles. The minimum Gasteiger partial charge on any atom is -0.313 e. The molecule has 0 heterocycles. The zero-order valence-corrected chi connectivity index (χ0v) is 11.8. The van der Waals surface area contributed by atoms with Crippen molar-refractivity contribution >= 4 is 11.8 Å². The van der Waals surface area contributed by atoms with E-state index in [0.717, 1.165) is 24.4 Å². The Morgan fingerprint density at radius 3 is 2.40 bits per heavy atom. The smallest absolute Gasteiger partial charge is 0.0225 e. The summed E-state index contributed by atoms with van der Waals surface area (Å²) in [5.41, 5.74) is 0. The van der Waals surface area contributed by atoms with E-state index >= 15 is 0 Å². The topological polar surface area (TPSA) is 12.0 Å². The highest BCUT2D eigenvalue weighted by atomic mass is 32.2. The van der Waals surface area contributed by atoms with E-state index < -0.39 is 0 Å². The van der Waals surface area contributed by atoms with Crippen LogP contribution in [0.5, 0.6) is 0 Å². The van der Waals surface area contributed by atoms with Crippen LogP contribution in [-0.2, 0) is 0 Å². The summed E-state index contributed by atoms with van der Waals surface area (Å²) in [4.78, 5) is 0. The number of rotatable bonds is 4. The fourth-order valence-electron chi connectivity index (χ4n) is 2.20. The molecule has 1 N–H and O–H groups in total. The minimum absolute atomic E-state index is 0.381.